The third-order valence-electron chi connectivity index (χ3n) is 3.53. The highest BCUT2D eigenvalue weighted by Gasteiger charge is 2.14. The normalized spacial score (nSPS) is 10.6. The van der Waals surface area contributed by atoms with Gasteiger partial charge in [-0.2, -0.15) is 0 Å². The first-order valence-corrected chi connectivity index (χ1v) is 8.94. The van der Waals surface area contributed by atoms with E-state index in [1.165, 1.54) is 24.5 Å². The van der Waals surface area contributed by atoms with Crippen molar-refractivity contribution >= 4 is 50.2 Å². The Bertz CT molecular complexity index is 986. The van der Waals surface area contributed by atoms with E-state index in [0.29, 0.717) is 39.2 Å². The zero-order valence-corrected chi connectivity index (χ0v) is 15.6. The quantitative estimate of drug-likeness (QED) is 0.654. The van der Waals surface area contributed by atoms with Crippen LogP contribution in [-0.2, 0) is 4.74 Å². The molecule has 2 aromatic carbocycles. The standard InChI is InChI=1S/C18H15ClN2O4S/c1-3-25-17(23)11-4-6-13-15(9-11)26-18(20-13)21-16(22)10-5-7-14(24-2)12(19)8-10/h4-9H,3H2,1-2H3,(H,20,21,22). The molecule has 0 aliphatic heterocycles. The average molecular weight is 391 g/mol. The van der Waals surface area contributed by atoms with Crippen molar-refractivity contribution in [3.05, 3.63) is 52.5 Å². The second kappa shape index (κ2) is 7.72. The van der Waals surface area contributed by atoms with E-state index >= 15 is 0 Å². The molecule has 0 bridgehead atoms. The topological polar surface area (TPSA) is 77.5 Å². The number of methoxy groups -OCH3 is 1. The molecular formula is C18H15ClN2O4S. The number of carbonyl (C=O) groups is 2. The van der Waals surface area contributed by atoms with Crippen molar-refractivity contribution in [2.24, 2.45) is 0 Å². The first kappa shape index (κ1) is 18.2. The lowest BCUT2D eigenvalue weighted by Crippen LogP contribution is -2.11. The fraction of sp³-hybridized carbons (Fsp3) is 0.167. The number of carbonyl (C=O) groups excluding carboxylic acids is 2. The molecule has 0 unspecified atom stereocenters. The maximum atomic E-state index is 12.4. The molecule has 0 aliphatic rings. The summed E-state index contributed by atoms with van der Waals surface area (Å²) in [6.45, 7) is 2.06. The third kappa shape index (κ3) is 3.79. The summed E-state index contributed by atoms with van der Waals surface area (Å²) < 4.78 is 10.8. The van der Waals surface area contributed by atoms with Gasteiger partial charge in [-0.05, 0) is 43.3 Å². The number of hydrogen-bond acceptors (Lipinski definition) is 6. The van der Waals surface area contributed by atoms with E-state index in [2.05, 4.69) is 10.3 Å². The predicted octanol–water partition coefficient (Wildman–Crippen LogP) is 4.39. The lowest BCUT2D eigenvalue weighted by atomic mass is 10.2. The van der Waals surface area contributed by atoms with Crippen molar-refractivity contribution in [3.8, 4) is 5.75 Å². The average Bonchev–Trinajstić information content (AvgIpc) is 3.03. The number of rotatable bonds is 5. The third-order valence-corrected chi connectivity index (χ3v) is 4.76. The molecule has 8 heteroatoms. The summed E-state index contributed by atoms with van der Waals surface area (Å²) in [5.74, 6) is -0.227. The van der Waals surface area contributed by atoms with Crippen LogP contribution in [0.15, 0.2) is 36.4 Å². The number of fused-ring (bicyclic) bond motifs is 1. The molecule has 134 valence electrons. The van der Waals surface area contributed by atoms with Gasteiger partial charge in [0.2, 0.25) is 0 Å². The smallest absolute Gasteiger partial charge is 0.338 e. The lowest BCUT2D eigenvalue weighted by molar-refractivity contribution is 0.0526. The number of amides is 1. The van der Waals surface area contributed by atoms with Crippen molar-refractivity contribution in [1.29, 1.82) is 0 Å². The predicted molar refractivity (Wildman–Crippen MR) is 102 cm³/mol. The van der Waals surface area contributed by atoms with Crippen LogP contribution in [0.3, 0.4) is 0 Å². The molecule has 0 saturated heterocycles. The molecule has 0 radical (unpaired) electrons. The van der Waals surface area contributed by atoms with Gasteiger partial charge in [-0.15, -0.1) is 0 Å². The SMILES string of the molecule is CCOC(=O)c1ccc2nc(NC(=O)c3ccc(OC)c(Cl)c3)sc2c1. The van der Waals surface area contributed by atoms with Crippen molar-refractivity contribution in [3.63, 3.8) is 0 Å². The molecule has 3 rings (SSSR count). The van der Waals surface area contributed by atoms with E-state index in [-0.39, 0.29) is 11.9 Å². The maximum Gasteiger partial charge on any atom is 0.338 e. The Labute approximate surface area is 158 Å². The maximum absolute atomic E-state index is 12.4. The van der Waals surface area contributed by atoms with Gasteiger partial charge in [0.1, 0.15) is 5.75 Å². The van der Waals surface area contributed by atoms with Crippen molar-refractivity contribution < 1.29 is 19.1 Å². The highest BCUT2D eigenvalue weighted by atomic mass is 35.5. The molecule has 0 fully saturated rings. The second-order valence-electron chi connectivity index (χ2n) is 5.23. The van der Waals surface area contributed by atoms with Gasteiger partial charge in [-0.3, -0.25) is 10.1 Å². The van der Waals surface area contributed by atoms with Gasteiger partial charge in [-0.1, -0.05) is 22.9 Å². The van der Waals surface area contributed by atoms with Gasteiger partial charge >= 0.3 is 5.97 Å². The highest BCUT2D eigenvalue weighted by Crippen LogP contribution is 2.29. The van der Waals surface area contributed by atoms with E-state index in [0.717, 1.165) is 4.70 Å². The van der Waals surface area contributed by atoms with Crippen molar-refractivity contribution in [2.75, 3.05) is 19.0 Å². The van der Waals surface area contributed by atoms with Crippen LogP contribution in [0.5, 0.6) is 5.75 Å². The number of benzene rings is 2. The zero-order chi connectivity index (χ0) is 18.7. The van der Waals surface area contributed by atoms with Crippen LogP contribution in [0.4, 0.5) is 5.13 Å². The number of nitrogens with zero attached hydrogens (tertiary/aromatic N) is 1. The van der Waals surface area contributed by atoms with Crippen LogP contribution in [0, 0.1) is 0 Å². The van der Waals surface area contributed by atoms with E-state index in [1.54, 1.807) is 37.3 Å². The van der Waals surface area contributed by atoms with Gasteiger partial charge in [0.25, 0.3) is 5.91 Å². The Hall–Kier alpha value is -2.64. The van der Waals surface area contributed by atoms with Gasteiger partial charge in [0.05, 0.1) is 34.5 Å². The number of thiazole rings is 1. The van der Waals surface area contributed by atoms with Crippen LogP contribution in [0.2, 0.25) is 5.02 Å². The summed E-state index contributed by atoms with van der Waals surface area (Å²) in [6.07, 6.45) is 0. The Morgan fingerprint density at radius 2 is 1.96 bits per heavy atom. The first-order valence-electron chi connectivity index (χ1n) is 7.74. The monoisotopic (exact) mass is 390 g/mol. The van der Waals surface area contributed by atoms with Crippen LogP contribution in [-0.4, -0.2) is 30.6 Å². The molecule has 6 nitrogen and oxygen atoms in total. The van der Waals surface area contributed by atoms with E-state index in [1.807, 2.05) is 0 Å². The molecule has 0 atom stereocenters. The summed E-state index contributed by atoms with van der Waals surface area (Å²) in [4.78, 5) is 28.6. The van der Waals surface area contributed by atoms with E-state index < -0.39 is 0 Å². The summed E-state index contributed by atoms with van der Waals surface area (Å²) in [5, 5.41) is 3.52. The Kier molecular flexibility index (Phi) is 5.39. The molecule has 0 saturated carbocycles. The summed E-state index contributed by atoms with van der Waals surface area (Å²) in [5.41, 5.74) is 1.52. The lowest BCUT2D eigenvalue weighted by Gasteiger charge is -2.05. The minimum Gasteiger partial charge on any atom is -0.495 e. The molecule has 0 spiro atoms. The van der Waals surface area contributed by atoms with Crippen molar-refractivity contribution in [2.45, 2.75) is 6.92 Å². The Balaban J connectivity index is 1.81. The molecule has 1 aromatic heterocycles. The highest BCUT2D eigenvalue weighted by molar-refractivity contribution is 7.22. The molecule has 3 aromatic rings. The number of esters is 1. The largest absolute Gasteiger partial charge is 0.495 e. The second-order valence-corrected chi connectivity index (χ2v) is 6.66. The van der Waals surface area contributed by atoms with Gasteiger partial charge < -0.3 is 9.47 Å². The van der Waals surface area contributed by atoms with Crippen LogP contribution < -0.4 is 10.1 Å². The van der Waals surface area contributed by atoms with E-state index in [4.69, 9.17) is 21.1 Å². The minimum atomic E-state index is -0.388. The fourth-order valence-corrected chi connectivity index (χ4v) is 3.45. The number of anilines is 1. The van der Waals surface area contributed by atoms with Crippen LogP contribution >= 0.6 is 22.9 Å². The number of ether oxygens (including phenoxy) is 2. The van der Waals surface area contributed by atoms with Crippen LogP contribution in [0.25, 0.3) is 10.2 Å². The number of aromatic nitrogens is 1. The van der Waals surface area contributed by atoms with Gasteiger partial charge in [0, 0.05) is 5.56 Å². The number of hydrogen-bond donors (Lipinski definition) is 1. The van der Waals surface area contributed by atoms with E-state index in [9.17, 15) is 9.59 Å². The van der Waals surface area contributed by atoms with Gasteiger partial charge in [0.15, 0.2) is 5.13 Å². The minimum absolute atomic E-state index is 0.311. The summed E-state index contributed by atoms with van der Waals surface area (Å²) in [6, 6.07) is 9.84. The molecule has 1 N–H and O–H groups in total. The Morgan fingerprint density at radius 3 is 2.65 bits per heavy atom. The molecular weight excluding hydrogens is 376 g/mol. The zero-order valence-electron chi connectivity index (χ0n) is 14.0. The summed E-state index contributed by atoms with van der Waals surface area (Å²) >= 11 is 7.33. The molecule has 26 heavy (non-hydrogen) atoms. The van der Waals surface area contributed by atoms with Crippen LogP contribution in [0.1, 0.15) is 27.6 Å². The van der Waals surface area contributed by atoms with Gasteiger partial charge in [-0.25, -0.2) is 9.78 Å². The molecule has 1 amide bonds. The number of halogens is 1. The molecule has 0 aliphatic carbocycles. The van der Waals surface area contributed by atoms with Crippen molar-refractivity contribution in [1.82, 2.24) is 4.98 Å². The fourth-order valence-electron chi connectivity index (χ4n) is 2.30. The Morgan fingerprint density at radius 1 is 1.19 bits per heavy atom. The summed E-state index contributed by atoms with van der Waals surface area (Å²) in [7, 11) is 1.51. The molecule has 1 heterocycles. The first-order chi connectivity index (χ1) is 12.5. The number of nitrogens with one attached hydrogen (secondary N) is 1.